The summed E-state index contributed by atoms with van der Waals surface area (Å²) >= 11 is 11.3. The first kappa shape index (κ1) is 15.5. The highest BCUT2D eigenvalue weighted by atomic mass is 35.5. The largest absolute Gasteiger partial charge is 0.294 e. The van der Waals surface area contributed by atoms with Crippen LogP contribution in [0.4, 0.5) is 11.4 Å². The van der Waals surface area contributed by atoms with Gasteiger partial charge in [0.05, 0.1) is 9.82 Å². The maximum Gasteiger partial charge on any atom is 0.294 e. The van der Waals surface area contributed by atoms with Gasteiger partial charge >= 0.3 is 0 Å². The van der Waals surface area contributed by atoms with Crippen molar-refractivity contribution in [2.45, 2.75) is 4.90 Å². The average molecular weight is 348 g/mol. The predicted molar refractivity (Wildman–Crippen MR) is 78.2 cm³/mol. The first-order valence-electron chi connectivity index (χ1n) is 5.38. The highest BCUT2D eigenvalue weighted by molar-refractivity contribution is 7.92. The number of nitro benzene ring substituents is 1. The second kappa shape index (κ2) is 5.84. The molecule has 0 saturated heterocycles. The molecule has 2 rings (SSSR count). The molecule has 2 aromatic rings. The summed E-state index contributed by atoms with van der Waals surface area (Å²) in [6, 6.07) is 5.95. The molecule has 0 aliphatic rings. The molecule has 110 valence electrons. The molecule has 0 fully saturated rings. The minimum absolute atomic E-state index is 0.0107. The number of benzene rings is 1. The number of hydrogen-bond donors (Lipinski definition) is 1. The summed E-state index contributed by atoms with van der Waals surface area (Å²) in [5, 5.41) is 11.0. The summed E-state index contributed by atoms with van der Waals surface area (Å²) < 4.78 is 26.4. The van der Waals surface area contributed by atoms with E-state index in [9.17, 15) is 18.5 Å². The number of aromatic nitrogens is 1. The van der Waals surface area contributed by atoms with Crippen molar-refractivity contribution < 1.29 is 13.3 Å². The first-order chi connectivity index (χ1) is 9.79. The molecule has 1 aromatic heterocycles. The monoisotopic (exact) mass is 347 g/mol. The number of nitrogens with one attached hydrogen (secondary N) is 1. The van der Waals surface area contributed by atoms with E-state index in [1.54, 1.807) is 0 Å². The number of rotatable bonds is 4. The molecule has 0 aliphatic heterocycles. The standard InChI is InChI=1S/C11H7Cl2N3O4S/c12-7-1-2-9(10(5-7)16(17)18)15-21(19,20)8-3-4-14-11(13)6-8/h1-6,15H. The van der Waals surface area contributed by atoms with Gasteiger partial charge in [-0.3, -0.25) is 14.8 Å². The zero-order valence-electron chi connectivity index (χ0n) is 10.2. The number of nitro groups is 1. The van der Waals surface area contributed by atoms with Crippen molar-refractivity contribution in [3.8, 4) is 0 Å². The molecule has 1 N–H and O–H groups in total. The maximum absolute atomic E-state index is 12.2. The van der Waals surface area contributed by atoms with E-state index in [0.717, 1.165) is 12.1 Å². The van der Waals surface area contributed by atoms with Crippen LogP contribution < -0.4 is 4.72 Å². The van der Waals surface area contributed by atoms with Gasteiger partial charge < -0.3 is 0 Å². The van der Waals surface area contributed by atoms with Crippen molar-refractivity contribution in [2.24, 2.45) is 0 Å². The van der Waals surface area contributed by atoms with Crippen molar-refractivity contribution in [3.63, 3.8) is 0 Å². The Labute approximate surface area is 129 Å². The normalized spacial score (nSPS) is 11.1. The van der Waals surface area contributed by atoms with Crippen molar-refractivity contribution in [2.75, 3.05) is 4.72 Å². The van der Waals surface area contributed by atoms with Gasteiger partial charge in [0.2, 0.25) is 0 Å². The molecule has 0 radical (unpaired) electrons. The van der Waals surface area contributed by atoms with Crippen LogP contribution in [-0.2, 0) is 10.0 Å². The van der Waals surface area contributed by atoms with E-state index in [1.165, 1.54) is 24.4 Å². The molecule has 0 spiro atoms. The van der Waals surface area contributed by atoms with E-state index in [1.807, 2.05) is 0 Å². The number of nitrogens with zero attached hydrogens (tertiary/aromatic N) is 2. The van der Waals surface area contributed by atoms with Gasteiger partial charge in [0, 0.05) is 17.3 Å². The SMILES string of the molecule is O=[N+]([O-])c1cc(Cl)ccc1NS(=O)(=O)c1ccnc(Cl)c1. The third-order valence-corrected chi connectivity index (χ3v) is 4.21. The Morgan fingerprint density at radius 1 is 1.19 bits per heavy atom. The zero-order valence-corrected chi connectivity index (χ0v) is 12.5. The van der Waals surface area contributed by atoms with Gasteiger partial charge in [-0.2, -0.15) is 0 Å². The fraction of sp³-hybridized carbons (Fsp3) is 0. The van der Waals surface area contributed by atoms with Crippen LogP contribution >= 0.6 is 23.2 Å². The quantitative estimate of drug-likeness (QED) is 0.520. The Balaban J connectivity index is 2.44. The molecule has 0 atom stereocenters. The minimum atomic E-state index is -4.03. The summed E-state index contributed by atoms with van der Waals surface area (Å²) in [4.78, 5) is 13.7. The second-order valence-corrected chi connectivity index (χ2v) is 6.34. The van der Waals surface area contributed by atoms with E-state index >= 15 is 0 Å². The zero-order chi connectivity index (χ0) is 15.6. The lowest BCUT2D eigenvalue weighted by molar-refractivity contribution is -0.383. The molecule has 1 heterocycles. The molecule has 0 saturated carbocycles. The lowest BCUT2D eigenvalue weighted by Crippen LogP contribution is -2.14. The number of sulfonamides is 1. The first-order valence-corrected chi connectivity index (χ1v) is 7.62. The van der Waals surface area contributed by atoms with Gasteiger partial charge in [0.1, 0.15) is 10.8 Å². The molecule has 0 aliphatic carbocycles. The minimum Gasteiger partial charge on any atom is -0.273 e. The van der Waals surface area contributed by atoms with Gasteiger partial charge in [0.15, 0.2) is 0 Å². The van der Waals surface area contributed by atoms with E-state index in [-0.39, 0.29) is 20.8 Å². The van der Waals surface area contributed by atoms with Crippen molar-refractivity contribution in [1.82, 2.24) is 4.98 Å². The van der Waals surface area contributed by atoms with Gasteiger partial charge in [-0.05, 0) is 24.3 Å². The Bertz CT molecular complexity index is 811. The highest BCUT2D eigenvalue weighted by Gasteiger charge is 2.21. The third kappa shape index (κ3) is 3.60. The highest BCUT2D eigenvalue weighted by Crippen LogP contribution is 2.29. The fourth-order valence-electron chi connectivity index (χ4n) is 1.50. The maximum atomic E-state index is 12.2. The van der Waals surface area contributed by atoms with E-state index in [4.69, 9.17) is 23.2 Å². The molecule has 10 heteroatoms. The lowest BCUT2D eigenvalue weighted by atomic mass is 10.3. The smallest absolute Gasteiger partial charge is 0.273 e. The van der Waals surface area contributed by atoms with Gasteiger partial charge in [-0.15, -0.1) is 0 Å². The van der Waals surface area contributed by atoms with Crippen LogP contribution in [0, 0.1) is 10.1 Å². The van der Waals surface area contributed by atoms with Crippen LogP contribution in [0.3, 0.4) is 0 Å². The fourth-order valence-corrected chi connectivity index (χ4v) is 2.99. The summed E-state index contributed by atoms with van der Waals surface area (Å²) in [5.74, 6) is 0. The Kier molecular flexibility index (Phi) is 4.31. The van der Waals surface area contributed by atoms with Crippen LogP contribution in [0.5, 0.6) is 0 Å². The average Bonchev–Trinajstić information content (AvgIpc) is 2.40. The summed E-state index contributed by atoms with van der Waals surface area (Å²) in [7, 11) is -4.03. The Morgan fingerprint density at radius 2 is 1.90 bits per heavy atom. The van der Waals surface area contributed by atoms with Crippen LogP contribution in [-0.4, -0.2) is 18.3 Å². The molecule has 0 unspecified atom stereocenters. The number of hydrogen-bond acceptors (Lipinski definition) is 5. The number of pyridine rings is 1. The van der Waals surface area contributed by atoms with Gasteiger partial charge in [0.25, 0.3) is 15.7 Å². The van der Waals surface area contributed by atoms with Crippen LogP contribution in [0.25, 0.3) is 0 Å². The van der Waals surface area contributed by atoms with Crippen molar-refractivity contribution in [1.29, 1.82) is 0 Å². The molecule has 7 nitrogen and oxygen atoms in total. The Morgan fingerprint density at radius 3 is 2.52 bits per heavy atom. The van der Waals surface area contributed by atoms with Crippen LogP contribution in [0.15, 0.2) is 41.4 Å². The van der Waals surface area contributed by atoms with Gasteiger partial charge in [-0.1, -0.05) is 23.2 Å². The summed E-state index contributed by atoms with van der Waals surface area (Å²) in [6.45, 7) is 0. The van der Waals surface area contributed by atoms with Gasteiger partial charge in [-0.25, -0.2) is 13.4 Å². The molecule has 0 amide bonds. The lowest BCUT2D eigenvalue weighted by Gasteiger charge is -2.08. The number of anilines is 1. The number of halogens is 2. The van der Waals surface area contributed by atoms with Crippen molar-refractivity contribution in [3.05, 3.63) is 56.8 Å². The third-order valence-electron chi connectivity index (χ3n) is 2.41. The molecular weight excluding hydrogens is 341 g/mol. The van der Waals surface area contributed by atoms with Crippen LogP contribution in [0.2, 0.25) is 10.2 Å². The molecular formula is C11H7Cl2N3O4S. The summed E-state index contributed by atoms with van der Waals surface area (Å²) in [6.07, 6.45) is 1.22. The molecule has 0 bridgehead atoms. The van der Waals surface area contributed by atoms with Crippen molar-refractivity contribution >= 4 is 44.6 Å². The molecule has 1 aromatic carbocycles. The van der Waals surface area contributed by atoms with Crippen LogP contribution in [0.1, 0.15) is 0 Å². The van der Waals surface area contributed by atoms with E-state index in [2.05, 4.69) is 9.71 Å². The topological polar surface area (TPSA) is 102 Å². The summed E-state index contributed by atoms with van der Waals surface area (Å²) in [5.41, 5.74) is -0.649. The van der Waals surface area contributed by atoms with E-state index in [0.29, 0.717) is 0 Å². The molecule has 21 heavy (non-hydrogen) atoms. The second-order valence-electron chi connectivity index (χ2n) is 3.84. The van der Waals surface area contributed by atoms with E-state index < -0.39 is 20.6 Å². The Hall–Kier alpha value is -1.90. The predicted octanol–water partition coefficient (Wildman–Crippen LogP) is 3.10.